The van der Waals surface area contributed by atoms with Crippen LogP contribution in [-0.2, 0) is 0 Å². The van der Waals surface area contributed by atoms with Crippen molar-refractivity contribution in [3.8, 4) is 0 Å². The van der Waals surface area contributed by atoms with Crippen LogP contribution in [0.2, 0.25) is 0 Å². The number of hydrogen-bond donors (Lipinski definition) is 0. The summed E-state index contributed by atoms with van der Waals surface area (Å²) in [7, 11) is 0. The van der Waals surface area contributed by atoms with Crippen LogP contribution in [-0.4, -0.2) is 0 Å². The molecule has 0 spiro atoms. The quantitative estimate of drug-likeness (QED) is 0.326. The molecule has 0 amide bonds. The third-order valence-electron chi connectivity index (χ3n) is 4.39. The molecule has 0 nitrogen and oxygen atoms in total. The van der Waals surface area contributed by atoms with Crippen LogP contribution < -0.4 is 0 Å². The predicted molar refractivity (Wildman–Crippen MR) is 108 cm³/mol. The Morgan fingerprint density at radius 2 is 1.35 bits per heavy atom. The fraction of sp³-hybridized carbons (Fsp3) is 0.478. The summed E-state index contributed by atoms with van der Waals surface area (Å²) >= 11 is 0. The maximum atomic E-state index is 4.21. The van der Waals surface area contributed by atoms with Crippen molar-refractivity contribution >= 4 is 0 Å². The third kappa shape index (κ3) is 9.94. The highest BCUT2D eigenvalue weighted by atomic mass is 14.1. The van der Waals surface area contributed by atoms with E-state index in [9.17, 15) is 0 Å². The van der Waals surface area contributed by atoms with Crippen LogP contribution in [0, 0.1) is 11.8 Å². The van der Waals surface area contributed by atoms with E-state index in [2.05, 4.69) is 60.1 Å². The highest BCUT2D eigenvalue weighted by Gasteiger charge is 2.07. The van der Waals surface area contributed by atoms with Gasteiger partial charge in [-0.25, -0.2) is 0 Å². The SMILES string of the molecule is C=C(/C=C\C(=C)C(=C)/C=C\C(=C)C(C)CCC(C)CCC)CC. The second-order valence-corrected chi connectivity index (χ2v) is 6.68. The zero-order valence-electron chi connectivity index (χ0n) is 15.8. The first kappa shape index (κ1) is 21.4. The lowest BCUT2D eigenvalue weighted by Crippen LogP contribution is -2.01. The molecule has 0 saturated heterocycles. The first-order valence-corrected chi connectivity index (χ1v) is 8.92. The van der Waals surface area contributed by atoms with E-state index in [1.165, 1.54) is 31.3 Å². The average molecular weight is 313 g/mol. The Bertz CT molecular complexity index is 470. The normalized spacial score (nSPS) is 14.1. The smallest absolute Gasteiger partial charge is 0.0196 e. The summed E-state index contributed by atoms with van der Waals surface area (Å²) < 4.78 is 0. The van der Waals surface area contributed by atoms with Gasteiger partial charge in [-0.15, -0.1) is 0 Å². The van der Waals surface area contributed by atoms with Crippen LogP contribution in [0.4, 0.5) is 0 Å². The molecular formula is C23H36. The topological polar surface area (TPSA) is 0 Å². The minimum Gasteiger partial charge on any atom is -0.0958 e. The van der Waals surface area contributed by atoms with Gasteiger partial charge in [0.25, 0.3) is 0 Å². The standard InChI is InChI=1S/C23H36/c1-9-11-19(4)13-15-21(6)23(8)17-16-22(7)20(5)14-12-18(3)10-2/h12,14,16-17,19,21H,3,5,7-11,13,15H2,1-2,4,6H3/b14-12-,17-16-. The summed E-state index contributed by atoms with van der Waals surface area (Å²) in [6, 6.07) is 0. The molecule has 0 aromatic heterocycles. The zero-order chi connectivity index (χ0) is 17.8. The molecule has 0 aromatic carbocycles. The summed E-state index contributed by atoms with van der Waals surface area (Å²) in [6.45, 7) is 25.3. The van der Waals surface area contributed by atoms with Gasteiger partial charge >= 0.3 is 0 Å². The van der Waals surface area contributed by atoms with E-state index in [4.69, 9.17) is 0 Å². The molecule has 2 unspecified atom stereocenters. The van der Waals surface area contributed by atoms with Crippen LogP contribution in [0.15, 0.2) is 72.9 Å². The van der Waals surface area contributed by atoms with E-state index >= 15 is 0 Å². The largest absolute Gasteiger partial charge is 0.0958 e. The lowest BCUT2D eigenvalue weighted by atomic mass is 9.90. The maximum absolute atomic E-state index is 4.21. The first-order chi connectivity index (χ1) is 10.8. The molecule has 0 bridgehead atoms. The van der Waals surface area contributed by atoms with Gasteiger partial charge in [-0.05, 0) is 35.8 Å². The van der Waals surface area contributed by atoms with Crippen molar-refractivity contribution < 1.29 is 0 Å². The van der Waals surface area contributed by atoms with Gasteiger partial charge in [0.2, 0.25) is 0 Å². The van der Waals surface area contributed by atoms with Crippen LogP contribution in [0.1, 0.15) is 59.8 Å². The average Bonchev–Trinajstić information content (AvgIpc) is 2.54. The molecule has 2 atom stereocenters. The second-order valence-electron chi connectivity index (χ2n) is 6.68. The van der Waals surface area contributed by atoms with Gasteiger partial charge in [0.15, 0.2) is 0 Å². The zero-order valence-corrected chi connectivity index (χ0v) is 15.8. The van der Waals surface area contributed by atoms with Gasteiger partial charge in [-0.1, -0.05) is 109 Å². The summed E-state index contributed by atoms with van der Waals surface area (Å²) in [5.41, 5.74) is 4.12. The molecule has 0 aliphatic carbocycles. The van der Waals surface area contributed by atoms with Crippen molar-refractivity contribution in [3.63, 3.8) is 0 Å². The van der Waals surface area contributed by atoms with Gasteiger partial charge in [-0.2, -0.15) is 0 Å². The Kier molecular flexibility index (Phi) is 11.1. The summed E-state index contributed by atoms with van der Waals surface area (Å²) in [4.78, 5) is 0. The van der Waals surface area contributed by atoms with E-state index < -0.39 is 0 Å². The first-order valence-electron chi connectivity index (χ1n) is 8.92. The molecule has 0 aliphatic heterocycles. The molecule has 0 saturated carbocycles. The Labute approximate surface area is 145 Å². The molecule has 0 N–H and O–H groups in total. The molecule has 0 rings (SSSR count). The third-order valence-corrected chi connectivity index (χ3v) is 4.39. The van der Waals surface area contributed by atoms with Gasteiger partial charge in [-0.3, -0.25) is 0 Å². The molecule has 0 radical (unpaired) electrons. The summed E-state index contributed by atoms with van der Waals surface area (Å²) in [5.74, 6) is 1.33. The molecule has 0 heteroatoms. The molecule has 0 fully saturated rings. The molecule has 0 heterocycles. The Hall–Kier alpha value is -1.56. The summed E-state index contributed by atoms with van der Waals surface area (Å²) in [5, 5.41) is 0. The van der Waals surface area contributed by atoms with Crippen molar-refractivity contribution in [2.45, 2.75) is 59.8 Å². The van der Waals surface area contributed by atoms with Crippen LogP contribution >= 0.6 is 0 Å². The van der Waals surface area contributed by atoms with E-state index in [1.54, 1.807) is 0 Å². The van der Waals surface area contributed by atoms with Gasteiger partial charge in [0, 0.05) is 0 Å². The monoisotopic (exact) mass is 312 g/mol. The van der Waals surface area contributed by atoms with Crippen LogP contribution in [0.25, 0.3) is 0 Å². The van der Waals surface area contributed by atoms with E-state index in [1.807, 2.05) is 18.2 Å². The Morgan fingerprint density at radius 1 is 0.783 bits per heavy atom. The maximum Gasteiger partial charge on any atom is -0.0196 e. The molecule has 0 aromatic rings. The van der Waals surface area contributed by atoms with Crippen molar-refractivity contribution in [3.05, 3.63) is 72.9 Å². The lowest BCUT2D eigenvalue weighted by molar-refractivity contribution is 0.436. The lowest BCUT2D eigenvalue weighted by Gasteiger charge is -2.15. The minimum atomic E-state index is 0.516. The van der Waals surface area contributed by atoms with Gasteiger partial charge < -0.3 is 0 Å². The van der Waals surface area contributed by atoms with E-state index in [-0.39, 0.29) is 0 Å². The fourth-order valence-electron chi connectivity index (χ4n) is 2.28. The Balaban J connectivity index is 4.39. The summed E-state index contributed by atoms with van der Waals surface area (Å²) in [6.07, 6.45) is 14.1. The fourth-order valence-corrected chi connectivity index (χ4v) is 2.28. The minimum absolute atomic E-state index is 0.516. The molecule has 128 valence electrons. The Morgan fingerprint density at radius 3 is 1.87 bits per heavy atom. The highest BCUT2D eigenvalue weighted by molar-refractivity contribution is 5.45. The predicted octanol–water partition coefficient (Wildman–Crippen LogP) is 7.59. The van der Waals surface area contributed by atoms with Crippen molar-refractivity contribution in [1.29, 1.82) is 0 Å². The van der Waals surface area contributed by atoms with Crippen molar-refractivity contribution in [1.82, 2.24) is 0 Å². The van der Waals surface area contributed by atoms with Crippen molar-refractivity contribution in [2.24, 2.45) is 11.8 Å². The van der Waals surface area contributed by atoms with Crippen LogP contribution in [0.3, 0.4) is 0 Å². The van der Waals surface area contributed by atoms with Gasteiger partial charge in [0.05, 0.1) is 0 Å². The molecule has 0 aliphatic rings. The second kappa shape index (κ2) is 11.9. The molecule has 23 heavy (non-hydrogen) atoms. The van der Waals surface area contributed by atoms with E-state index in [0.717, 1.165) is 29.1 Å². The number of rotatable bonds is 12. The number of allylic oxidation sites excluding steroid dienone is 8. The number of hydrogen-bond acceptors (Lipinski definition) is 0. The van der Waals surface area contributed by atoms with E-state index in [0.29, 0.717) is 5.92 Å². The van der Waals surface area contributed by atoms with Crippen molar-refractivity contribution in [2.75, 3.05) is 0 Å². The molecular weight excluding hydrogens is 276 g/mol. The van der Waals surface area contributed by atoms with Crippen LogP contribution in [0.5, 0.6) is 0 Å². The van der Waals surface area contributed by atoms with Gasteiger partial charge in [0.1, 0.15) is 0 Å². The highest BCUT2D eigenvalue weighted by Crippen LogP contribution is 2.22.